The van der Waals surface area contributed by atoms with Gasteiger partial charge in [-0.3, -0.25) is 19.3 Å². The Bertz CT molecular complexity index is 878. The van der Waals surface area contributed by atoms with Crippen LogP contribution in [0, 0.1) is 5.82 Å². The van der Waals surface area contributed by atoms with Gasteiger partial charge in [-0.15, -0.1) is 0 Å². The maximum Gasteiger partial charge on any atom is 0.293 e. The Hall–Kier alpha value is -2.44. The number of halogens is 2. The van der Waals surface area contributed by atoms with Gasteiger partial charge in [0.2, 0.25) is 0 Å². The number of imide groups is 1. The van der Waals surface area contributed by atoms with Crippen LogP contribution >= 0.6 is 23.4 Å². The van der Waals surface area contributed by atoms with Crippen molar-refractivity contribution < 1.29 is 18.8 Å². The minimum absolute atomic E-state index is 0.195. The van der Waals surface area contributed by atoms with Crippen LogP contribution in [0.1, 0.15) is 15.9 Å². The molecule has 7 heteroatoms. The lowest BCUT2D eigenvalue weighted by atomic mass is 10.1. The molecular formula is C18H11ClFNO3S. The van der Waals surface area contributed by atoms with Crippen molar-refractivity contribution in [1.29, 1.82) is 0 Å². The van der Waals surface area contributed by atoms with Crippen LogP contribution in [-0.2, 0) is 4.79 Å². The molecular weight excluding hydrogens is 365 g/mol. The van der Waals surface area contributed by atoms with Crippen molar-refractivity contribution in [1.82, 2.24) is 4.90 Å². The van der Waals surface area contributed by atoms with E-state index in [0.29, 0.717) is 16.1 Å². The number of ketones is 1. The Morgan fingerprint density at radius 3 is 2.36 bits per heavy atom. The smallest absolute Gasteiger partial charge is 0.292 e. The van der Waals surface area contributed by atoms with E-state index in [1.54, 1.807) is 12.1 Å². The average molecular weight is 376 g/mol. The SMILES string of the molecule is O=C(CN1C(=O)SC(=Cc2ccc(F)cc2)C1=O)c1ccc(Cl)cc1. The third kappa shape index (κ3) is 3.97. The molecule has 126 valence electrons. The van der Waals surface area contributed by atoms with Gasteiger partial charge in [-0.05, 0) is 59.8 Å². The Kier molecular flexibility index (Phi) is 5.01. The number of nitrogens with zero attached hydrogens (tertiary/aromatic N) is 1. The predicted molar refractivity (Wildman–Crippen MR) is 94.9 cm³/mol. The average Bonchev–Trinajstić information content (AvgIpc) is 2.85. The van der Waals surface area contributed by atoms with Gasteiger partial charge in [0.05, 0.1) is 11.4 Å². The fraction of sp³-hybridized carbons (Fsp3) is 0.0556. The molecule has 0 atom stereocenters. The largest absolute Gasteiger partial charge is 0.293 e. The van der Waals surface area contributed by atoms with Gasteiger partial charge >= 0.3 is 0 Å². The van der Waals surface area contributed by atoms with E-state index in [2.05, 4.69) is 0 Å². The Balaban J connectivity index is 1.76. The Morgan fingerprint density at radius 1 is 1.08 bits per heavy atom. The van der Waals surface area contributed by atoms with Crippen LogP contribution in [-0.4, -0.2) is 28.4 Å². The summed E-state index contributed by atoms with van der Waals surface area (Å²) in [5.41, 5.74) is 0.960. The van der Waals surface area contributed by atoms with Crippen molar-refractivity contribution in [2.45, 2.75) is 0 Å². The molecule has 1 saturated heterocycles. The Labute approximate surface area is 152 Å². The summed E-state index contributed by atoms with van der Waals surface area (Å²) in [5, 5.41) is -0.0226. The maximum atomic E-state index is 12.9. The number of rotatable bonds is 4. The van der Waals surface area contributed by atoms with Crippen LogP contribution in [0.4, 0.5) is 9.18 Å². The highest BCUT2D eigenvalue weighted by Gasteiger charge is 2.36. The standard InChI is InChI=1S/C18H11ClFNO3S/c19-13-5-3-12(4-6-13)15(22)10-21-17(23)16(25-18(21)24)9-11-1-7-14(20)8-2-11/h1-9H,10H2. The second-order valence-corrected chi connectivity index (χ2v) is 6.68. The highest BCUT2D eigenvalue weighted by molar-refractivity contribution is 8.18. The number of carbonyl (C=O) groups excluding carboxylic acids is 3. The normalized spacial score (nSPS) is 15.9. The lowest BCUT2D eigenvalue weighted by Crippen LogP contribution is -2.33. The lowest BCUT2D eigenvalue weighted by Gasteiger charge is -2.11. The molecule has 0 N–H and O–H groups in total. The first kappa shape index (κ1) is 17.4. The van der Waals surface area contributed by atoms with E-state index in [1.165, 1.54) is 42.5 Å². The summed E-state index contributed by atoms with van der Waals surface area (Å²) in [6.07, 6.45) is 1.50. The number of carbonyl (C=O) groups is 3. The zero-order valence-electron chi connectivity index (χ0n) is 12.7. The molecule has 2 aromatic rings. The summed E-state index contributed by atoms with van der Waals surface area (Å²) in [5.74, 6) is -1.29. The molecule has 0 unspecified atom stereocenters. The first-order valence-electron chi connectivity index (χ1n) is 7.24. The lowest BCUT2D eigenvalue weighted by molar-refractivity contribution is -0.122. The number of Topliss-reactive ketones (excluding diaryl/α,β-unsaturated/α-hetero) is 1. The highest BCUT2D eigenvalue weighted by Crippen LogP contribution is 2.32. The molecule has 0 aromatic heterocycles. The fourth-order valence-electron chi connectivity index (χ4n) is 2.22. The van der Waals surface area contributed by atoms with Gasteiger partial charge in [0.15, 0.2) is 5.78 Å². The molecule has 1 fully saturated rings. The van der Waals surface area contributed by atoms with Crippen LogP contribution in [0.3, 0.4) is 0 Å². The Morgan fingerprint density at radius 2 is 1.72 bits per heavy atom. The zero-order valence-corrected chi connectivity index (χ0v) is 14.3. The summed E-state index contributed by atoms with van der Waals surface area (Å²) < 4.78 is 12.9. The number of thioether (sulfide) groups is 1. The highest BCUT2D eigenvalue weighted by atomic mass is 35.5. The molecule has 1 aliphatic heterocycles. The maximum absolute atomic E-state index is 12.9. The molecule has 1 heterocycles. The summed E-state index contributed by atoms with van der Waals surface area (Å²) in [7, 11) is 0. The first-order chi connectivity index (χ1) is 11.9. The first-order valence-corrected chi connectivity index (χ1v) is 8.43. The number of benzene rings is 2. The van der Waals surface area contributed by atoms with Gasteiger partial charge < -0.3 is 0 Å². The fourth-order valence-corrected chi connectivity index (χ4v) is 3.18. The number of amides is 2. The van der Waals surface area contributed by atoms with Gasteiger partial charge in [-0.2, -0.15) is 0 Å². The van der Waals surface area contributed by atoms with Crippen molar-refractivity contribution in [2.24, 2.45) is 0 Å². The molecule has 0 aliphatic carbocycles. The monoisotopic (exact) mass is 375 g/mol. The van der Waals surface area contributed by atoms with E-state index >= 15 is 0 Å². The topological polar surface area (TPSA) is 54.5 Å². The van der Waals surface area contributed by atoms with E-state index in [9.17, 15) is 18.8 Å². The second-order valence-electron chi connectivity index (χ2n) is 5.25. The summed E-state index contributed by atoms with van der Waals surface area (Å²) in [6.45, 7) is -0.340. The summed E-state index contributed by atoms with van der Waals surface area (Å²) >= 11 is 6.53. The molecule has 4 nitrogen and oxygen atoms in total. The van der Waals surface area contributed by atoms with Crippen LogP contribution < -0.4 is 0 Å². The van der Waals surface area contributed by atoms with Gasteiger partial charge in [-0.25, -0.2) is 4.39 Å². The van der Waals surface area contributed by atoms with E-state index in [-0.39, 0.29) is 23.1 Å². The third-order valence-corrected chi connectivity index (χ3v) is 4.67. The molecule has 2 amide bonds. The molecule has 2 aromatic carbocycles. The minimum Gasteiger partial charge on any atom is -0.292 e. The molecule has 1 aliphatic rings. The zero-order chi connectivity index (χ0) is 18.0. The molecule has 0 spiro atoms. The van der Waals surface area contributed by atoms with Gasteiger partial charge in [0.25, 0.3) is 11.1 Å². The second kappa shape index (κ2) is 7.21. The van der Waals surface area contributed by atoms with Crippen LogP contribution in [0.2, 0.25) is 5.02 Å². The predicted octanol–water partition coefficient (Wildman–Crippen LogP) is 4.40. The molecule has 3 rings (SSSR count). The van der Waals surface area contributed by atoms with Gasteiger partial charge in [0, 0.05) is 10.6 Å². The summed E-state index contributed by atoms with van der Waals surface area (Å²) in [6, 6.07) is 11.7. The third-order valence-electron chi connectivity index (χ3n) is 3.51. The molecule has 25 heavy (non-hydrogen) atoms. The molecule has 0 saturated carbocycles. The van der Waals surface area contributed by atoms with E-state index in [1.807, 2.05) is 0 Å². The van der Waals surface area contributed by atoms with Crippen molar-refractivity contribution >= 4 is 46.4 Å². The van der Waals surface area contributed by atoms with Gasteiger partial charge in [0.1, 0.15) is 5.82 Å². The van der Waals surface area contributed by atoms with Crippen molar-refractivity contribution in [2.75, 3.05) is 6.54 Å². The molecule has 0 bridgehead atoms. The van der Waals surface area contributed by atoms with Crippen LogP contribution in [0.15, 0.2) is 53.4 Å². The van der Waals surface area contributed by atoms with E-state index in [4.69, 9.17) is 11.6 Å². The van der Waals surface area contributed by atoms with E-state index in [0.717, 1.165) is 16.7 Å². The summed E-state index contributed by atoms with van der Waals surface area (Å²) in [4.78, 5) is 37.8. The van der Waals surface area contributed by atoms with Crippen molar-refractivity contribution in [3.8, 4) is 0 Å². The van der Waals surface area contributed by atoms with Crippen LogP contribution in [0.25, 0.3) is 6.08 Å². The van der Waals surface area contributed by atoms with Crippen molar-refractivity contribution in [3.63, 3.8) is 0 Å². The van der Waals surface area contributed by atoms with Gasteiger partial charge in [-0.1, -0.05) is 23.7 Å². The number of hydrogen-bond donors (Lipinski definition) is 0. The quantitative estimate of drug-likeness (QED) is 0.587. The minimum atomic E-state index is -0.540. The number of hydrogen-bond acceptors (Lipinski definition) is 4. The van der Waals surface area contributed by atoms with E-state index < -0.39 is 11.1 Å². The molecule has 0 radical (unpaired) electrons. The van der Waals surface area contributed by atoms with Crippen LogP contribution in [0.5, 0.6) is 0 Å². The van der Waals surface area contributed by atoms with Crippen molar-refractivity contribution in [3.05, 3.63) is 75.4 Å².